The first-order chi connectivity index (χ1) is 13.4. The van der Waals surface area contributed by atoms with E-state index in [1.54, 1.807) is 24.3 Å². The maximum Gasteiger partial charge on any atom is 0.244 e. The number of rotatable bonds is 7. The Hall–Kier alpha value is -3.33. The van der Waals surface area contributed by atoms with Gasteiger partial charge in [0.2, 0.25) is 11.8 Å². The lowest BCUT2D eigenvalue weighted by Crippen LogP contribution is -2.37. The van der Waals surface area contributed by atoms with Gasteiger partial charge in [-0.05, 0) is 62.7 Å². The van der Waals surface area contributed by atoms with Crippen molar-refractivity contribution in [3.05, 3.63) is 53.6 Å². The van der Waals surface area contributed by atoms with Crippen LogP contribution in [0.15, 0.2) is 42.5 Å². The van der Waals surface area contributed by atoms with Gasteiger partial charge in [0.25, 0.3) is 0 Å². The van der Waals surface area contributed by atoms with Gasteiger partial charge >= 0.3 is 0 Å². The molecule has 2 amide bonds. The quantitative estimate of drug-likeness (QED) is 0.797. The Morgan fingerprint density at radius 3 is 2.39 bits per heavy atom. The zero-order valence-corrected chi connectivity index (χ0v) is 16.8. The van der Waals surface area contributed by atoms with Gasteiger partial charge < -0.3 is 15.1 Å². The molecule has 0 fully saturated rings. The predicted octanol–water partition coefficient (Wildman–Crippen LogP) is 3.70. The fraction of sp³-hybridized carbons (Fsp3) is 0.318. The maximum atomic E-state index is 12.5. The van der Waals surface area contributed by atoms with Crippen LogP contribution >= 0.6 is 0 Å². The summed E-state index contributed by atoms with van der Waals surface area (Å²) in [6.45, 7) is 9.28. The molecule has 6 nitrogen and oxygen atoms in total. The number of carbonyl (C=O) groups excluding carboxylic acids is 2. The molecule has 2 aromatic rings. The third-order valence-electron chi connectivity index (χ3n) is 4.56. The molecule has 0 radical (unpaired) electrons. The van der Waals surface area contributed by atoms with Crippen molar-refractivity contribution in [1.29, 1.82) is 5.26 Å². The fourth-order valence-electron chi connectivity index (χ4n) is 3.10. The van der Waals surface area contributed by atoms with Crippen LogP contribution < -0.4 is 15.1 Å². The number of carbonyl (C=O) groups is 2. The second-order valence-electron chi connectivity index (χ2n) is 6.49. The zero-order valence-electron chi connectivity index (χ0n) is 16.8. The third kappa shape index (κ3) is 5.10. The van der Waals surface area contributed by atoms with Crippen LogP contribution in [0.25, 0.3) is 0 Å². The van der Waals surface area contributed by atoms with Gasteiger partial charge in [-0.25, -0.2) is 0 Å². The van der Waals surface area contributed by atoms with E-state index in [1.165, 1.54) is 11.8 Å². The minimum absolute atomic E-state index is 0.0996. The van der Waals surface area contributed by atoms with E-state index in [-0.39, 0.29) is 18.4 Å². The lowest BCUT2D eigenvalue weighted by Gasteiger charge is -2.26. The molecule has 0 saturated heterocycles. The minimum Gasteiger partial charge on any atom is -0.372 e. The molecule has 28 heavy (non-hydrogen) atoms. The zero-order chi connectivity index (χ0) is 20.7. The summed E-state index contributed by atoms with van der Waals surface area (Å²) in [7, 11) is 0. The Kier molecular flexibility index (Phi) is 7.16. The average molecular weight is 378 g/mol. The Bertz CT molecular complexity index is 898. The molecule has 0 aromatic heterocycles. The van der Waals surface area contributed by atoms with Gasteiger partial charge in [-0.1, -0.05) is 6.07 Å². The van der Waals surface area contributed by atoms with Crippen LogP contribution in [-0.4, -0.2) is 31.4 Å². The lowest BCUT2D eigenvalue weighted by atomic mass is 10.1. The van der Waals surface area contributed by atoms with Crippen LogP contribution in [0.1, 0.15) is 31.9 Å². The number of nitrogens with one attached hydrogen (secondary N) is 1. The van der Waals surface area contributed by atoms with E-state index in [2.05, 4.69) is 24.1 Å². The van der Waals surface area contributed by atoms with E-state index in [4.69, 9.17) is 5.26 Å². The highest BCUT2D eigenvalue weighted by Crippen LogP contribution is 2.26. The van der Waals surface area contributed by atoms with Gasteiger partial charge in [0.15, 0.2) is 0 Å². The molecule has 0 atom stereocenters. The molecule has 0 aliphatic carbocycles. The molecule has 2 rings (SSSR count). The molecule has 0 saturated carbocycles. The first-order valence-electron chi connectivity index (χ1n) is 9.33. The molecule has 0 heterocycles. The normalized spacial score (nSPS) is 10.1. The average Bonchev–Trinajstić information content (AvgIpc) is 2.67. The Labute approximate surface area is 166 Å². The summed E-state index contributed by atoms with van der Waals surface area (Å²) in [6, 6.07) is 14.6. The summed E-state index contributed by atoms with van der Waals surface area (Å²) in [5.41, 5.74) is 3.72. The predicted molar refractivity (Wildman–Crippen MR) is 113 cm³/mol. The van der Waals surface area contributed by atoms with E-state index in [0.717, 1.165) is 24.3 Å². The van der Waals surface area contributed by atoms with Crippen molar-refractivity contribution < 1.29 is 9.59 Å². The number of anilines is 3. The number of amides is 2. The van der Waals surface area contributed by atoms with E-state index in [0.29, 0.717) is 16.9 Å². The van der Waals surface area contributed by atoms with Crippen molar-refractivity contribution in [2.45, 2.75) is 27.7 Å². The summed E-state index contributed by atoms with van der Waals surface area (Å²) < 4.78 is 0. The van der Waals surface area contributed by atoms with E-state index >= 15 is 0 Å². The summed E-state index contributed by atoms with van der Waals surface area (Å²) in [5.74, 6) is -0.530. The van der Waals surface area contributed by atoms with Crippen LogP contribution in [-0.2, 0) is 9.59 Å². The molecule has 146 valence electrons. The standard InChI is InChI=1S/C22H26N4O2/c1-5-25(6-2)20-10-11-21(16(3)12-20)26(17(4)27)15-22(28)24-19-9-7-8-18(13-19)14-23/h7-13H,5-6,15H2,1-4H3,(H,24,28). The SMILES string of the molecule is CCN(CC)c1ccc(N(CC(=O)Nc2cccc(C#N)c2)C(C)=O)c(C)c1. The van der Waals surface area contributed by atoms with Gasteiger partial charge in [-0.15, -0.1) is 0 Å². The Morgan fingerprint density at radius 1 is 1.11 bits per heavy atom. The Balaban J connectivity index is 2.20. The molecular weight excluding hydrogens is 352 g/mol. The van der Waals surface area contributed by atoms with Gasteiger partial charge in [0.05, 0.1) is 11.6 Å². The minimum atomic E-state index is -0.322. The molecule has 0 aliphatic rings. The van der Waals surface area contributed by atoms with Crippen LogP contribution in [0.2, 0.25) is 0 Å². The molecule has 0 unspecified atom stereocenters. The molecule has 0 aliphatic heterocycles. The summed E-state index contributed by atoms with van der Waals surface area (Å²) in [5, 5.41) is 11.7. The van der Waals surface area contributed by atoms with Crippen molar-refractivity contribution in [2.75, 3.05) is 34.8 Å². The van der Waals surface area contributed by atoms with Crippen molar-refractivity contribution in [3.63, 3.8) is 0 Å². The van der Waals surface area contributed by atoms with Crippen LogP contribution in [0.5, 0.6) is 0 Å². The smallest absolute Gasteiger partial charge is 0.244 e. The van der Waals surface area contributed by atoms with Crippen molar-refractivity contribution >= 4 is 28.9 Å². The maximum absolute atomic E-state index is 12.5. The van der Waals surface area contributed by atoms with Crippen molar-refractivity contribution in [2.24, 2.45) is 0 Å². The highest BCUT2D eigenvalue weighted by atomic mass is 16.2. The van der Waals surface area contributed by atoms with Crippen LogP contribution in [0.4, 0.5) is 17.1 Å². The Morgan fingerprint density at radius 2 is 1.82 bits per heavy atom. The van der Waals surface area contributed by atoms with Crippen molar-refractivity contribution in [1.82, 2.24) is 0 Å². The number of aryl methyl sites for hydroxylation is 1. The number of hydrogen-bond donors (Lipinski definition) is 1. The van der Waals surface area contributed by atoms with Crippen LogP contribution in [0.3, 0.4) is 0 Å². The highest BCUT2D eigenvalue weighted by Gasteiger charge is 2.18. The summed E-state index contributed by atoms with van der Waals surface area (Å²) >= 11 is 0. The molecule has 1 N–H and O–H groups in total. The second-order valence-corrected chi connectivity index (χ2v) is 6.49. The monoisotopic (exact) mass is 378 g/mol. The fourth-order valence-corrected chi connectivity index (χ4v) is 3.10. The molecule has 0 spiro atoms. The lowest BCUT2D eigenvalue weighted by molar-refractivity contribution is -0.120. The molecule has 6 heteroatoms. The largest absolute Gasteiger partial charge is 0.372 e. The molecule has 0 bridgehead atoms. The van der Waals surface area contributed by atoms with Crippen molar-refractivity contribution in [3.8, 4) is 6.07 Å². The van der Waals surface area contributed by atoms with E-state index < -0.39 is 0 Å². The van der Waals surface area contributed by atoms with E-state index in [9.17, 15) is 9.59 Å². The third-order valence-corrected chi connectivity index (χ3v) is 4.56. The summed E-state index contributed by atoms with van der Waals surface area (Å²) in [6.07, 6.45) is 0. The molecule has 2 aromatic carbocycles. The number of benzene rings is 2. The van der Waals surface area contributed by atoms with Gasteiger partial charge in [0.1, 0.15) is 6.54 Å². The van der Waals surface area contributed by atoms with Gasteiger partial charge in [0, 0.05) is 37.1 Å². The highest BCUT2D eigenvalue weighted by molar-refractivity contribution is 6.02. The number of hydrogen-bond acceptors (Lipinski definition) is 4. The van der Waals surface area contributed by atoms with Crippen LogP contribution in [0, 0.1) is 18.3 Å². The van der Waals surface area contributed by atoms with E-state index in [1.807, 2.05) is 31.2 Å². The topological polar surface area (TPSA) is 76.4 Å². The first-order valence-corrected chi connectivity index (χ1v) is 9.33. The number of nitriles is 1. The van der Waals surface area contributed by atoms with Gasteiger partial charge in [-0.2, -0.15) is 5.26 Å². The summed E-state index contributed by atoms with van der Waals surface area (Å²) in [4.78, 5) is 28.4. The first kappa shape index (κ1) is 21.0. The molecular formula is C22H26N4O2. The van der Waals surface area contributed by atoms with Gasteiger partial charge in [-0.3, -0.25) is 9.59 Å². The second kappa shape index (κ2) is 9.56. The number of nitrogens with zero attached hydrogens (tertiary/aromatic N) is 3.